The summed E-state index contributed by atoms with van der Waals surface area (Å²) >= 11 is 0. The summed E-state index contributed by atoms with van der Waals surface area (Å²) in [5.74, 6) is -0.266. The van der Waals surface area contributed by atoms with Gasteiger partial charge in [-0.3, -0.25) is 4.79 Å². The van der Waals surface area contributed by atoms with Gasteiger partial charge < -0.3 is 10.1 Å². The van der Waals surface area contributed by atoms with Gasteiger partial charge in [0.2, 0.25) is 0 Å². The summed E-state index contributed by atoms with van der Waals surface area (Å²) < 4.78 is 4.83. The van der Waals surface area contributed by atoms with Crippen molar-refractivity contribution in [2.45, 2.75) is 6.92 Å². The molecule has 0 radical (unpaired) electrons. The third kappa shape index (κ3) is 5.02. The van der Waals surface area contributed by atoms with Crippen LogP contribution in [0.25, 0.3) is 12.2 Å². The minimum absolute atomic E-state index is 0.266. The van der Waals surface area contributed by atoms with Crippen molar-refractivity contribution < 1.29 is 9.53 Å². The van der Waals surface area contributed by atoms with Crippen LogP contribution in [0.2, 0.25) is 0 Å². The van der Waals surface area contributed by atoms with Gasteiger partial charge in [-0.2, -0.15) is 0 Å². The van der Waals surface area contributed by atoms with Gasteiger partial charge >= 0.3 is 5.97 Å². The number of hydrogen-bond donors (Lipinski definition) is 1. The number of esters is 1. The fourth-order valence-corrected chi connectivity index (χ4v) is 1.33. The molecule has 0 heterocycles. The number of benzene rings is 1. The quantitative estimate of drug-likeness (QED) is 0.791. The number of nitrogens with one attached hydrogen (secondary N) is 1. The molecule has 0 spiro atoms. The molecule has 0 saturated heterocycles. The molecule has 90 valence electrons. The summed E-state index contributed by atoms with van der Waals surface area (Å²) in [6.45, 7) is 1.71. The largest absolute Gasteiger partial charge is 0.462 e. The second kappa shape index (κ2) is 7.28. The summed E-state index contributed by atoms with van der Waals surface area (Å²) in [6.07, 6.45) is 7.63. The highest BCUT2D eigenvalue weighted by Crippen LogP contribution is 2.12. The lowest BCUT2D eigenvalue weighted by Crippen LogP contribution is -1.97. The molecule has 1 rings (SSSR count). The smallest absolute Gasteiger partial charge is 0.302 e. The molecule has 1 N–H and O–H groups in total. The predicted molar refractivity (Wildman–Crippen MR) is 70.2 cm³/mol. The zero-order chi connectivity index (χ0) is 12.5. The third-order valence-corrected chi connectivity index (χ3v) is 2.11. The number of hydrogen-bond acceptors (Lipinski definition) is 3. The lowest BCUT2D eigenvalue weighted by molar-refractivity contribution is -0.139. The second-order valence-corrected chi connectivity index (χ2v) is 3.46. The summed E-state index contributed by atoms with van der Waals surface area (Å²) in [6, 6.07) is 8.00. The predicted octanol–water partition coefficient (Wildman–Crippen LogP) is 2.45. The third-order valence-electron chi connectivity index (χ3n) is 2.11. The van der Waals surface area contributed by atoms with Crippen LogP contribution in [0, 0.1) is 0 Å². The Kier molecular flexibility index (Phi) is 5.58. The molecule has 0 atom stereocenters. The first-order chi connectivity index (χ1) is 8.24. The SMILES string of the molecule is CN/C=C/c1ccccc1/C=C/COC(C)=O. The van der Waals surface area contributed by atoms with Gasteiger partial charge in [-0.1, -0.05) is 30.3 Å². The molecule has 0 aliphatic rings. The second-order valence-electron chi connectivity index (χ2n) is 3.46. The van der Waals surface area contributed by atoms with E-state index in [-0.39, 0.29) is 5.97 Å². The summed E-state index contributed by atoms with van der Waals surface area (Å²) in [7, 11) is 1.86. The normalized spacial score (nSPS) is 10.9. The maximum atomic E-state index is 10.6. The van der Waals surface area contributed by atoms with Crippen LogP contribution in [0.15, 0.2) is 36.5 Å². The first-order valence-electron chi connectivity index (χ1n) is 5.47. The maximum Gasteiger partial charge on any atom is 0.302 e. The summed E-state index contributed by atoms with van der Waals surface area (Å²) in [5, 5.41) is 2.95. The molecule has 0 saturated carbocycles. The Morgan fingerprint density at radius 2 is 1.94 bits per heavy atom. The molecule has 0 bridgehead atoms. The number of carbonyl (C=O) groups is 1. The lowest BCUT2D eigenvalue weighted by Gasteiger charge is -2.00. The molecule has 1 aromatic carbocycles. The van der Waals surface area contributed by atoms with E-state index < -0.39 is 0 Å². The van der Waals surface area contributed by atoms with Crippen molar-refractivity contribution in [2.75, 3.05) is 13.7 Å². The average Bonchev–Trinajstić information content (AvgIpc) is 2.33. The molecule has 3 heteroatoms. The van der Waals surface area contributed by atoms with Crippen molar-refractivity contribution in [3.05, 3.63) is 47.7 Å². The van der Waals surface area contributed by atoms with Crippen molar-refractivity contribution >= 4 is 18.1 Å². The Bertz CT molecular complexity index is 422. The molecule has 3 nitrogen and oxygen atoms in total. The Morgan fingerprint density at radius 3 is 2.53 bits per heavy atom. The molecular formula is C14H17NO2. The fourth-order valence-electron chi connectivity index (χ4n) is 1.33. The standard InChI is InChI=1S/C14H17NO2/c1-12(16)17-11-5-8-13-6-3-4-7-14(13)9-10-15-2/h3-10,15H,11H2,1-2H3/b8-5+,10-9+. The number of rotatable bonds is 5. The Labute approximate surface area is 102 Å². The maximum absolute atomic E-state index is 10.6. The van der Waals surface area contributed by atoms with Crippen LogP contribution in [-0.4, -0.2) is 19.6 Å². The molecule has 0 fully saturated rings. The molecule has 17 heavy (non-hydrogen) atoms. The van der Waals surface area contributed by atoms with Gasteiger partial charge in [0.15, 0.2) is 0 Å². The average molecular weight is 231 g/mol. The van der Waals surface area contributed by atoms with E-state index in [1.807, 2.05) is 55.7 Å². The van der Waals surface area contributed by atoms with Crippen molar-refractivity contribution in [1.29, 1.82) is 0 Å². The zero-order valence-corrected chi connectivity index (χ0v) is 10.1. The van der Waals surface area contributed by atoms with E-state index in [0.717, 1.165) is 11.1 Å². The van der Waals surface area contributed by atoms with Crippen LogP contribution >= 0.6 is 0 Å². The van der Waals surface area contributed by atoms with Gasteiger partial charge in [0.25, 0.3) is 0 Å². The monoisotopic (exact) mass is 231 g/mol. The zero-order valence-electron chi connectivity index (χ0n) is 10.1. The van der Waals surface area contributed by atoms with Crippen LogP contribution in [0.4, 0.5) is 0 Å². The van der Waals surface area contributed by atoms with Gasteiger partial charge in [-0.05, 0) is 29.5 Å². The minimum Gasteiger partial charge on any atom is -0.462 e. The molecule has 0 aromatic heterocycles. The van der Waals surface area contributed by atoms with E-state index in [4.69, 9.17) is 4.74 Å². The molecule has 0 aliphatic carbocycles. The first-order valence-corrected chi connectivity index (χ1v) is 5.47. The molecular weight excluding hydrogens is 214 g/mol. The van der Waals surface area contributed by atoms with E-state index in [9.17, 15) is 4.79 Å². The van der Waals surface area contributed by atoms with E-state index in [2.05, 4.69) is 5.32 Å². The highest BCUT2D eigenvalue weighted by molar-refractivity contribution is 5.67. The van der Waals surface area contributed by atoms with Gasteiger partial charge in [0.1, 0.15) is 6.61 Å². The van der Waals surface area contributed by atoms with Crippen LogP contribution in [0.1, 0.15) is 18.1 Å². The first kappa shape index (κ1) is 13.0. The topological polar surface area (TPSA) is 38.3 Å². The van der Waals surface area contributed by atoms with E-state index >= 15 is 0 Å². The van der Waals surface area contributed by atoms with Crippen molar-refractivity contribution in [3.63, 3.8) is 0 Å². The minimum atomic E-state index is -0.266. The summed E-state index contributed by atoms with van der Waals surface area (Å²) in [5.41, 5.74) is 2.20. The van der Waals surface area contributed by atoms with Crippen molar-refractivity contribution in [1.82, 2.24) is 5.32 Å². The molecule has 0 amide bonds. The van der Waals surface area contributed by atoms with Crippen LogP contribution in [-0.2, 0) is 9.53 Å². The van der Waals surface area contributed by atoms with Gasteiger partial charge in [-0.15, -0.1) is 0 Å². The molecule has 1 aromatic rings. The van der Waals surface area contributed by atoms with E-state index in [0.29, 0.717) is 6.61 Å². The van der Waals surface area contributed by atoms with Crippen LogP contribution in [0.3, 0.4) is 0 Å². The van der Waals surface area contributed by atoms with Crippen molar-refractivity contribution in [3.8, 4) is 0 Å². The number of carbonyl (C=O) groups excluding carboxylic acids is 1. The Hall–Kier alpha value is -2.03. The highest BCUT2D eigenvalue weighted by atomic mass is 16.5. The van der Waals surface area contributed by atoms with Gasteiger partial charge in [0, 0.05) is 14.0 Å². The van der Waals surface area contributed by atoms with Crippen molar-refractivity contribution in [2.24, 2.45) is 0 Å². The van der Waals surface area contributed by atoms with E-state index in [1.165, 1.54) is 6.92 Å². The van der Waals surface area contributed by atoms with Crippen LogP contribution < -0.4 is 5.32 Å². The van der Waals surface area contributed by atoms with E-state index in [1.54, 1.807) is 0 Å². The Morgan fingerprint density at radius 1 is 1.29 bits per heavy atom. The highest BCUT2D eigenvalue weighted by Gasteiger charge is 1.94. The fraction of sp³-hybridized carbons (Fsp3) is 0.214. The molecule has 0 unspecified atom stereocenters. The number of ether oxygens (including phenoxy) is 1. The molecule has 0 aliphatic heterocycles. The lowest BCUT2D eigenvalue weighted by atomic mass is 10.1. The summed E-state index contributed by atoms with van der Waals surface area (Å²) in [4.78, 5) is 10.6. The van der Waals surface area contributed by atoms with Gasteiger partial charge in [0.05, 0.1) is 0 Å². The van der Waals surface area contributed by atoms with Gasteiger partial charge in [-0.25, -0.2) is 0 Å². The Balaban J connectivity index is 2.69. The van der Waals surface area contributed by atoms with Crippen LogP contribution in [0.5, 0.6) is 0 Å².